The van der Waals surface area contributed by atoms with Crippen LogP contribution < -0.4 is 10.6 Å². The topological polar surface area (TPSA) is 137 Å². The van der Waals surface area contributed by atoms with Gasteiger partial charge in [0, 0.05) is 44.0 Å². The highest BCUT2D eigenvalue weighted by Gasteiger charge is 2.49. The number of nitrogens with zero attached hydrogens (tertiary/aromatic N) is 3. The number of hydrogen-bond donors (Lipinski definition) is 4. The van der Waals surface area contributed by atoms with Crippen molar-refractivity contribution in [1.82, 2.24) is 20.2 Å². The van der Waals surface area contributed by atoms with E-state index in [0.29, 0.717) is 60.4 Å². The van der Waals surface area contributed by atoms with E-state index in [0.717, 1.165) is 31.1 Å². The summed E-state index contributed by atoms with van der Waals surface area (Å²) in [5.74, 6) is -0.0564. The average molecular weight is 580 g/mol. The first-order valence-electron chi connectivity index (χ1n) is 13.7. The van der Waals surface area contributed by atoms with Gasteiger partial charge in [-0.1, -0.05) is 54.1 Å². The van der Waals surface area contributed by atoms with E-state index in [2.05, 4.69) is 20.6 Å². The molecule has 41 heavy (non-hydrogen) atoms. The molecule has 1 saturated heterocycles. The van der Waals surface area contributed by atoms with Gasteiger partial charge in [0.2, 0.25) is 11.9 Å². The second-order valence-corrected chi connectivity index (χ2v) is 10.9. The van der Waals surface area contributed by atoms with Crippen LogP contribution in [0.25, 0.3) is 11.3 Å². The van der Waals surface area contributed by atoms with E-state index in [4.69, 9.17) is 21.4 Å². The van der Waals surface area contributed by atoms with Crippen molar-refractivity contribution in [1.29, 1.82) is 0 Å². The number of hydrogen-bond acceptors (Lipinski definition) is 8. The van der Waals surface area contributed by atoms with Crippen LogP contribution in [0.1, 0.15) is 53.2 Å². The van der Waals surface area contributed by atoms with Crippen LogP contribution in [0.4, 0.5) is 5.95 Å². The fraction of sp³-hybridized carbons (Fsp3) is 0.400. The highest BCUT2D eigenvalue weighted by molar-refractivity contribution is 6.33. The lowest BCUT2D eigenvalue weighted by atomic mass is 9.99. The van der Waals surface area contributed by atoms with Gasteiger partial charge in [-0.3, -0.25) is 9.59 Å². The molecule has 1 aromatic heterocycles. The zero-order valence-corrected chi connectivity index (χ0v) is 23.6. The first-order chi connectivity index (χ1) is 19.9. The average Bonchev–Trinajstić information content (AvgIpc) is 3.68. The molecule has 216 valence electrons. The van der Waals surface area contributed by atoms with Crippen molar-refractivity contribution >= 4 is 29.4 Å². The summed E-state index contributed by atoms with van der Waals surface area (Å²) in [5.41, 5.74) is 2.50. The molecular formula is C30H34ClN5O5. The fourth-order valence-electron chi connectivity index (χ4n) is 5.27. The minimum atomic E-state index is -0.945. The van der Waals surface area contributed by atoms with E-state index in [1.807, 2.05) is 42.5 Å². The maximum absolute atomic E-state index is 13.3. The zero-order valence-electron chi connectivity index (χ0n) is 22.8. The Hall–Kier alpha value is -3.57. The molecule has 0 bridgehead atoms. The van der Waals surface area contributed by atoms with Crippen LogP contribution in [0.2, 0.25) is 5.02 Å². The van der Waals surface area contributed by atoms with Crippen LogP contribution in [0.5, 0.6) is 0 Å². The van der Waals surface area contributed by atoms with Crippen molar-refractivity contribution in [2.75, 3.05) is 32.2 Å². The monoisotopic (exact) mass is 579 g/mol. The van der Waals surface area contributed by atoms with Gasteiger partial charge in [0.05, 0.1) is 28.6 Å². The van der Waals surface area contributed by atoms with Crippen molar-refractivity contribution in [2.24, 2.45) is 0 Å². The Labute approximate surface area is 243 Å². The molecule has 0 spiro atoms. The van der Waals surface area contributed by atoms with Crippen molar-refractivity contribution in [3.8, 4) is 11.3 Å². The number of amides is 2. The normalized spacial score (nSPS) is 18.1. The van der Waals surface area contributed by atoms with Crippen LogP contribution >= 0.6 is 11.6 Å². The molecule has 0 radical (unpaired) electrons. The summed E-state index contributed by atoms with van der Waals surface area (Å²) in [5, 5.41) is 24.5. The molecule has 2 fully saturated rings. The third kappa shape index (κ3) is 6.51. The molecule has 1 aliphatic carbocycles. The van der Waals surface area contributed by atoms with Crippen LogP contribution in [0, 0.1) is 0 Å². The lowest BCUT2D eigenvalue weighted by Gasteiger charge is -2.25. The molecule has 2 aliphatic heterocycles. The standard InChI is InChI=1S/C29H30ClN5O4.CH4O/c30-23-15-31-28(32-21-8-12-39-13-9-21)34-25(23)19-6-7-20-16-35(27(37)22(20)14-19)17-24(36)33-26(29(38)10-11-29)18-4-2-1-3-5-18;1-2/h1-7,14-15,21,26,38H,8-13,16-17H2,(H,33,36)(H,31,32,34);2H,1H3. The lowest BCUT2D eigenvalue weighted by Crippen LogP contribution is -2.43. The van der Waals surface area contributed by atoms with Crippen LogP contribution in [0.15, 0.2) is 54.7 Å². The minimum Gasteiger partial charge on any atom is -0.400 e. The molecule has 3 aromatic rings. The van der Waals surface area contributed by atoms with E-state index in [1.165, 1.54) is 4.90 Å². The predicted molar refractivity (Wildman–Crippen MR) is 154 cm³/mol. The van der Waals surface area contributed by atoms with E-state index in [9.17, 15) is 14.7 Å². The first kappa shape index (κ1) is 28.9. The highest BCUT2D eigenvalue weighted by Crippen LogP contribution is 2.45. The summed E-state index contributed by atoms with van der Waals surface area (Å²) >= 11 is 6.46. The molecular weight excluding hydrogens is 546 g/mol. The number of fused-ring (bicyclic) bond motifs is 1. The van der Waals surface area contributed by atoms with Gasteiger partial charge in [-0.15, -0.1) is 0 Å². The van der Waals surface area contributed by atoms with E-state index in [-0.39, 0.29) is 24.4 Å². The second-order valence-electron chi connectivity index (χ2n) is 10.5. The van der Waals surface area contributed by atoms with Crippen molar-refractivity contribution < 1.29 is 24.5 Å². The van der Waals surface area contributed by atoms with Gasteiger partial charge in [-0.25, -0.2) is 9.97 Å². The minimum absolute atomic E-state index is 0.101. The number of carbonyl (C=O) groups excluding carboxylic acids is 2. The molecule has 4 N–H and O–H groups in total. The number of halogens is 1. The van der Waals surface area contributed by atoms with Gasteiger partial charge in [0.1, 0.15) is 6.54 Å². The Morgan fingerprint density at radius 2 is 1.90 bits per heavy atom. The fourth-order valence-corrected chi connectivity index (χ4v) is 5.47. The molecule has 1 unspecified atom stereocenters. The number of aliphatic hydroxyl groups is 2. The highest BCUT2D eigenvalue weighted by atomic mass is 35.5. The molecule has 2 amide bonds. The summed E-state index contributed by atoms with van der Waals surface area (Å²) in [7, 11) is 1.00. The zero-order chi connectivity index (χ0) is 29.0. The Bertz CT molecular complexity index is 1400. The number of ether oxygens (including phenoxy) is 1. The Kier molecular flexibility index (Phi) is 8.84. The van der Waals surface area contributed by atoms with Gasteiger partial charge in [0.25, 0.3) is 5.91 Å². The van der Waals surface area contributed by atoms with Gasteiger partial charge < -0.3 is 30.5 Å². The smallest absolute Gasteiger partial charge is 0.254 e. The van der Waals surface area contributed by atoms with E-state index >= 15 is 0 Å². The molecule has 11 heteroatoms. The molecule has 10 nitrogen and oxygen atoms in total. The van der Waals surface area contributed by atoms with Crippen LogP contribution in [0.3, 0.4) is 0 Å². The number of aromatic nitrogens is 2. The molecule has 3 aliphatic rings. The van der Waals surface area contributed by atoms with Crippen molar-refractivity contribution in [3.63, 3.8) is 0 Å². The van der Waals surface area contributed by atoms with Gasteiger partial charge in [-0.2, -0.15) is 0 Å². The maximum Gasteiger partial charge on any atom is 0.254 e. The molecule has 6 rings (SSSR count). The third-order valence-corrected chi connectivity index (χ3v) is 7.91. The van der Waals surface area contributed by atoms with Crippen LogP contribution in [-0.2, 0) is 16.1 Å². The SMILES string of the molecule is CO.O=C(CN1Cc2ccc(-c3nc(NC4CCOCC4)ncc3Cl)cc2C1=O)NC(c1ccccc1)C1(O)CC1. The number of nitrogens with one attached hydrogen (secondary N) is 2. The molecule has 1 atom stereocenters. The summed E-state index contributed by atoms with van der Waals surface area (Å²) in [6.07, 6.45) is 4.57. The maximum atomic E-state index is 13.3. The van der Waals surface area contributed by atoms with Gasteiger partial charge in [0.15, 0.2) is 0 Å². The molecule has 3 heterocycles. The molecule has 2 aromatic carbocycles. The second kappa shape index (κ2) is 12.5. The number of aliphatic hydroxyl groups excluding tert-OH is 1. The number of carbonyl (C=O) groups is 2. The predicted octanol–water partition coefficient (Wildman–Crippen LogP) is 3.33. The van der Waals surface area contributed by atoms with Gasteiger partial charge in [-0.05, 0) is 42.9 Å². The van der Waals surface area contributed by atoms with E-state index < -0.39 is 11.6 Å². The lowest BCUT2D eigenvalue weighted by molar-refractivity contribution is -0.123. The van der Waals surface area contributed by atoms with Crippen molar-refractivity contribution in [2.45, 2.75) is 49.9 Å². The number of anilines is 1. The Balaban J connectivity index is 0.00000165. The number of rotatable bonds is 8. The third-order valence-electron chi connectivity index (χ3n) is 7.63. The van der Waals surface area contributed by atoms with Crippen LogP contribution in [-0.4, -0.2) is 75.4 Å². The Morgan fingerprint density at radius 3 is 2.61 bits per heavy atom. The largest absolute Gasteiger partial charge is 0.400 e. The van der Waals surface area contributed by atoms with Crippen molar-refractivity contribution in [3.05, 3.63) is 76.4 Å². The van der Waals surface area contributed by atoms with E-state index in [1.54, 1.807) is 12.3 Å². The summed E-state index contributed by atoms with van der Waals surface area (Å²) in [6.45, 7) is 1.63. The first-order valence-corrected chi connectivity index (χ1v) is 14.1. The quantitative estimate of drug-likeness (QED) is 0.319. The summed E-state index contributed by atoms with van der Waals surface area (Å²) < 4.78 is 5.42. The Morgan fingerprint density at radius 1 is 1.17 bits per heavy atom. The summed E-state index contributed by atoms with van der Waals surface area (Å²) in [6, 6.07) is 14.7. The number of benzene rings is 2. The molecule has 1 saturated carbocycles. The van der Waals surface area contributed by atoms with Gasteiger partial charge >= 0.3 is 0 Å². The summed E-state index contributed by atoms with van der Waals surface area (Å²) in [4.78, 5) is 36.8.